The quantitative estimate of drug-likeness (QED) is 0.431. The van der Waals surface area contributed by atoms with Crippen LogP contribution < -0.4 is 18.9 Å². The number of aromatic carboxylic acids is 1. The molecule has 0 spiro atoms. The number of ether oxygens (including phenoxy) is 4. The standard InChI is InChI=1S/C23H22N4O6/c1-30-17-6-5-13(7-18(17)31-2)21-14-8-19(32-3)20(33-4)9-15(14)26-16(22(21)23(28)29)10-27-11-24-25-12-27/h5-9,11-12H,10H2,1-4H3,(H,28,29). The summed E-state index contributed by atoms with van der Waals surface area (Å²) in [5, 5.41) is 18.4. The second-order valence-corrected chi connectivity index (χ2v) is 7.04. The van der Waals surface area contributed by atoms with Crippen LogP contribution in [0, 0.1) is 0 Å². The minimum absolute atomic E-state index is 0.0515. The molecule has 0 saturated heterocycles. The molecule has 4 aromatic rings. The van der Waals surface area contributed by atoms with Gasteiger partial charge in [-0.3, -0.25) is 0 Å². The molecule has 0 atom stereocenters. The first-order chi connectivity index (χ1) is 16.0. The van der Waals surface area contributed by atoms with Crippen molar-refractivity contribution in [2.75, 3.05) is 28.4 Å². The predicted octanol–water partition coefficient (Wildman–Crippen LogP) is 3.27. The first kappa shape index (κ1) is 21.9. The molecular formula is C23H22N4O6. The first-order valence-corrected chi connectivity index (χ1v) is 9.87. The number of nitrogens with zero attached hydrogens (tertiary/aromatic N) is 4. The molecule has 0 aliphatic heterocycles. The summed E-state index contributed by atoms with van der Waals surface area (Å²) in [4.78, 5) is 17.2. The summed E-state index contributed by atoms with van der Waals surface area (Å²) >= 11 is 0. The molecular weight excluding hydrogens is 428 g/mol. The number of benzene rings is 2. The molecule has 0 bridgehead atoms. The van der Waals surface area contributed by atoms with E-state index in [2.05, 4.69) is 15.2 Å². The molecule has 0 unspecified atom stereocenters. The highest BCUT2D eigenvalue weighted by Crippen LogP contribution is 2.41. The average molecular weight is 450 g/mol. The lowest BCUT2D eigenvalue weighted by Crippen LogP contribution is -2.12. The number of methoxy groups -OCH3 is 4. The van der Waals surface area contributed by atoms with Gasteiger partial charge in [-0.15, -0.1) is 10.2 Å². The average Bonchev–Trinajstić information content (AvgIpc) is 3.34. The van der Waals surface area contributed by atoms with E-state index in [1.54, 1.807) is 34.9 Å². The van der Waals surface area contributed by atoms with Crippen LogP contribution in [-0.2, 0) is 6.54 Å². The van der Waals surface area contributed by atoms with Crippen LogP contribution in [0.15, 0.2) is 43.0 Å². The van der Waals surface area contributed by atoms with Gasteiger partial charge in [0.05, 0.1) is 51.8 Å². The van der Waals surface area contributed by atoms with Gasteiger partial charge in [0.15, 0.2) is 23.0 Å². The zero-order valence-electron chi connectivity index (χ0n) is 18.5. The predicted molar refractivity (Wildman–Crippen MR) is 119 cm³/mol. The van der Waals surface area contributed by atoms with Gasteiger partial charge in [0.25, 0.3) is 0 Å². The summed E-state index contributed by atoms with van der Waals surface area (Å²) in [6.07, 6.45) is 3.00. The maximum absolute atomic E-state index is 12.6. The summed E-state index contributed by atoms with van der Waals surface area (Å²) in [5.74, 6) is 0.815. The molecule has 2 aromatic carbocycles. The molecule has 170 valence electrons. The van der Waals surface area contributed by atoms with Crippen LogP contribution in [0.5, 0.6) is 23.0 Å². The van der Waals surface area contributed by atoms with Crippen LogP contribution in [0.3, 0.4) is 0 Å². The van der Waals surface area contributed by atoms with Gasteiger partial charge in [-0.1, -0.05) is 6.07 Å². The maximum Gasteiger partial charge on any atom is 0.338 e. The van der Waals surface area contributed by atoms with Gasteiger partial charge in [-0.2, -0.15) is 0 Å². The Labute approximate surface area is 189 Å². The number of carboxylic acid groups (broad SMARTS) is 1. The number of hydrogen-bond acceptors (Lipinski definition) is 8. The number of pyridine rings is 1. The van der Waals surface area contributed by atoms with Crippen LogP contribution in [0.2, 0.25) is 0 Å². The molecule has 0 radical (unpaired) electrons. The lowest BCUT2D eigenvalue weighted by molar-refractivity contribution is 0.0696. The monoisotopic (exact) mass is 450 g/mol. The fraction of sp³-hybridized carbons (Fsp3) is 0.217. The Morgan fingerprint density at radius 2 is 1.48 bits per heavy atom. The number of rotatable bonds is 8. The van der Waals surface area contributed by atoms with E-state index in [1.165, 1.54) is 41.1 Å². The molecule has 1 N–H and O–H groups in total. The van der Waals surface area contributed by atoms with Crippen molar-refractivity contribution >= 4 is 16.9 Å². The molecule has 0 amide bonds. The topological polar surface area (TPSA) is 118 Å². The van der Waals surface area contributed by atoms with Gasteiger partial charge in [0.1, 0.15) is 12.7 Å². The Morgan fingerprint density at radius 1 is 0.879 bits per heavy atom. The van der Waals surface area contributed by atoms with Gasteiger partial charge in [0, 0.05) is 17.0 Å². The van der Waals surface area contributed by atoms with Crippen LogP contribution in [0.1, 0.15) is 16.1 Å². The Balaban J connectivity index is 2.10. The Hall–Kier alpha value is -4.34. The summed E-state index contributed by atoms with van der Waals surface area (Å²) in [6.45, 7) is 0.166. The normalized spacial score (nSPS) is 10.8. The fourth-order valence-electron chi connectivity index (χ4n) is 3.75. The molecule has 0 fully saturated rings. The molecule has 10 heteroatoms. The number of hydrogen-bond donors (Lipinski definition) is 1. The van der Waals surface area contributed by atoms with E-state index in [9.17, 15) is 9.90 Å². The van der Waals surface area contributed by atoms with E-state index < -0.39 is 5.97 Å². The van der Waals surface area contributed by atoms with Gasteiger partial charge in [-0.25, -0.2) is 9.78 Å². The van der Waals surface area contributed by atoms with Gasteiger partial charge < -0.3 is 28.6 Å². The van der Waals surface area contributed by atoms with Crippen molar-refractivity contribution < 1.29 is 28.8 Å². The minimum atomic E-state index is -1.12. The van der Waals surface area contributed by atoms with Crippen molar-refractivity contribution in [2.24, 2.45) is 0 Å². The summed E-state index contributed by atoms with van der Waals surface area (Å²) in [6, 6.07) is 8.69. The lowest BCUT2D eigenvalue weighted by Gasteiger charge is -2.18. The van der Waals surface area contributed by atoms with E-state index in [-0.39, 0.29) is 12.1 Å². The third-order valence-electron chi connectivity index (χ3n) is 5.25. The van der Waals surface area contributed by atoms with E-state index in [0.29, 0.717) is 50.7 Å². The third-order valence-corrected chi connectivity index (χ3v) is 5.25. The van der Waals surface area contributed by atoms with Crippen LogP contribution in [-0.4, -0.2) is 59.3 Å². The van der Waals surface area contributed by atoms with Crippen molar-refractivity contribution in [1.82, 2.24) is 19.7 Å². The van der Waals surface area contributed by atoms with Crippen LogP contribution in [0.4, 0.5) is 0 Å². The highest BCUT2D eigenvalue weighted by molar-refractivity contribution is 6.08. The zero-order valence-corrected chi connectivity index (χ0v) is 18.5. The SMILES string of the molecule is COc1ccc(-c2c(C(=O)O)c(Cn3cnnc3)nc3cc(OC)c(OC)cc23)cc1OC. The van der Waals surface area contributed by atoms with E-state index in [1.807, 2.05) is 0 Å². The number of aromatic nitrogens is 4. The summed E-state index contributed by atoms with van der Waals surface area (Å²) in [7, 11) is 6.11. The van der Waals surface area contributed by atoms with E-state index in [4.69, 9.17) is 18.9 Å². The molecule has 4 rings (SSSR count). The fourth-order valence-corrected chi connectivity index (χ4v) is 3.75. The number of carboxylic acids is 1. The summed E-state index contributed by atoms with van der Waals surface area (Å²) in [5.41, 5.74) is 2.03. The molecule has 33 heavy (non-hydrogen) atoms. The highest BCUT2D eigenvalue weighted by Gasteiger charge is 2.24. The van der Waals surface area contributed by atoms with Crippen molar-refractivity contribution in [3.63, 3.8) is 0 Å². The molecule has 0 saturated carbocycles. The molecule has 0 aliphatic rings. The van der Waals surface area contributed by atoms with Crippen LogP contribution in [0.25, 0.3) is 22.0 Å². The van der Waals surface area contributed by atoms with Crippen molar-refractivity contribution in [3.05, 3.63) is 54.2 Å². The Morgan fingerprint density at radius 3 is 2.09 bits per heavy atom. The number of fused-ring (bicyclic) bond motifs is 1. The number of carbonyl (C=O) groups is 1. The Bertz CT molecular complexity index is 1320. The van der Waals surface area contributed by atoms with E-state index in [0.717, 1.165) is 0 Å². The van der Waals surface area contributed by atoms with Crippen LogP contribution >= 0.6 is 0 Å². The van der Waals surface area contributed by atoms with Gasteiger partial charge >= 0.3 is 5.97 Å². The molecule has 0 aliphatic carbocycles. The molecule has 2 aromatic heterocycles. The molecule has 2 heterocycles. The van der Waals surface area contributed by atoms with Crippen molar-refractivity contribution in [1.29, 1.82) is 0 Å². The third kappa shape index (κ3) is 3.98. The van der Waals surface area contributed by atoms with Crippen molar-refractivity contribution in [3.8, 4) is 34.1 Å². The highest BCUT2D eigenvalue weighted by atomic mass is 16.5. The summed E-state index contributed by atoms with van der Waals surface area (Å²) < 4.78 is 23.4. The second kappa shape index (κ2) is 9.03. The smallest absolute Gasteiger partial charge is 0.338 e. The first-order valence-electron chi connectivity index (χ1n) is 9.87. The van der Waals surface area contributed by atoms with Gasteiger partial charge in [0.2, 0.25) is 0 Å². The van der Waals surface area contributed by atoms with Gasteiger partial charge in [-0.05, 0) is 23.8 Å². The minimum Gasteiger partial charge on any atom is -0.493 e. The zero-order chi connectivity index (χ0) is 23.5. The van der Waals surface area contributed by atoms with E-state index >= 15 is 0 Å². The Kier molecular flexibility index (Phi) is 5.99. The second-order valence-electron chi connectivity index (χ2n) is 7.04. The maximum atomic E-state index is 12.6. The lowest BCUT2D eigenvalue weighted by atomic mass is 9.93. The molecule has 10 nitrogen and oxygen atoms in total. The van der Waals surface area contributed by atoms with Crippen molar-refractivity contribution in [2.45, 2.75) is 6.54 Å². The largest absolute Gasteiger partial charge is 0.493 e.